The third-order valence-corrected chi connectivity index (χ3v) is 2.40. The van der Waals surface area contributed by atoms with Crippen LogP contribution in [0.4, 0.5) is 4.79 Å². The van der Waals surface area contributed by atoms with Gasteiger partial charge in [0.2, 0.25) is 0 Å². The Morgan fingerprint density at radius 1 is 1.29 bits per heavy atom. The number of carbonyl (C=O) groups excluding carboxylic acids is 2. The molecule has 0 spiro atoms. The van der Waals surface area contributed by atoms with E-state index >= 15 is 0 Å². The van der Waals surface area contributed by atoms with Gasteiger partial charge >= 0.3 is 12.1 Å². The fourth-order valence-corrected chi connectivity index (χ4v) is 1.43. The molecule has 0 aliphatic rings. The average molecular weight is 292 g/mol. The number of likely N-dealkylation sites (N-methyl/N-ethyl adjacent to an activating group) is 1. The zero-order valence-electron chi connectivity index (χ0n) is 12.9. The minimum absolute atomic E-state index is 0.0467. The molecule has 0 unspecified atom stereocenters. The van der Waals surface area contributed by atoms with E-state index in [0.717, 1.165) is 4.90 Å². The lowest BCUT2D eigenvalue weighted by Crippen LogP contribution is -2.36. The van der Waals surface area contributed by atoms with E-state index < -0.39 is 17.7 Å². The highest BCUT2D eigenvalue weighted by Gasteiger charge is 2.25. The van der Waals surface area contributed by atoms with E-state index in [2.05, 4.69) is 4.98 Å². The molecule has 114 valence electrons. The number of hydrogen-bond donors (Lipinski definition) is 0. The summed E-state index contributed by atoms with van der Waals surface area (Å²) >= 11 is 0. The zero-order chi connectivity index (χ0) is 16.0. The van der Waals surface area contributed by atoms with Crippen LogP contribution in [0, 0.1) is 0 Å². The number of pyridine rings is 1. The molecule has 21 heavy (non-hydrogen) atoms. The van der Waals surface area contributed by atoms with Gasteiger partial charge in [0.15, 0.2) is 0 Å². The number of methoxy groups -OCH3 is 1. The summed E-state index contributed by atoms with van der Waals surface area (Å²) < 4.78 is 9.93. The predicted octanol–water partition coefficient (Wildman–Crippen LogP) is 2.46. The summed E-state index contributed by atoms with van der Waals surface area (Å²) in [5.74, 6) is -0.644. The third-order valence-electron chi connectivity index (χ3n) is 2.40. The highest BCUT2D eigenvalue weighted by atomic mass is 16.6. The second-order valence-electron chi connectivity index (χ2n) is 5.32. The molecule has 1 heterocycles. The summed E-state index contributed by atoms with van der Waals surface area (Å²) in [4.78, 5) is 29.1. The first kappa shape index (κ1) is 16.7. The first-order valence-electron chi connectivity index (χ1n) is 6.42. The second kappa shape index (κ2) is 6.88. The van der Waals surface area contributed by atoms with Crippen LogP contribution in [-0.4, -0.2) is 41.7 Å². The van der Waals surface area contributed by atoms with Crippen molar-refractivity contribution in [3.05, 3.63) is 35.8 Å². The number of aromatic nitrogens is 1. The van der Waals surface area contributed by atoms with Gasteiger partial charge in [-0.2, -0.15) is 0 Å². The summed E-state index contributed by atoms with van der Waals surface area (Å²) in [7, 11) is 2.69. The van der Waals surface area contributed by atoms with Crippen LogP contribution in [0.2, 0.25) is 0 Å². The highest BCUT2D eigenvalue weighted by molar-refractivity contribution is 5.96. The number of nitrogens with zero attached hydrogens (tertiary/aromatic N) is 2. The molecule has 0 fully saturated rings. The van der Waals surface area contributed by atoms with Crippen LogP contribution < -0.4 is 0 Å². The van der Waals surface area contributed by atoms with E-state index in [1.165, 1.54) is 20.2 Å². The number of rotatable bonds is 3. The summed E-state index contributed by atoms with van der Waals surface area (Å²) in [5, 5.41) is 0. The molecule has 1 aromatic rings. The molecule has 0 radical (unpaired) electrons. The van der Waals surface area contributed by atoms with Gasteiger partial charge in [-0.15, -0.1) is 0 Å². The van der Waals surface area contributed by atoms with Crippen molar-refractivity contribution >= 4 is 18.1 Å². The van der Waals surface area contributed by atoms with E-state index in [1.54, 1.807) is 45.2 Å². The molecule has 1 rings (SSSR count). The molecule has 6 heteroatoms. The zero-order valence-corrected chi connectivity index (χ0v) is 12.9. The van der Waals surface area contributed by atoms with Crippen molar-refractivity contribution in [2.75, 3.05) is 14.2 Å². The van der Waals surface area contributed by atoms with E-state index in [-0.39, 0.29) is 5.70 Å². The molecule has 6 nitrogen and oxygen atoms in total. The number of hydrogen-bond acceptors (Lipinski definition) is 5. The molecular weight excluding hydrogens is 272 g/mol. The monoisotopic (exact) mass is 292 g/mol. The highest BCUT2D eigenvalue weighted by Crippen LogP contribution is 2.15. The van der Waals surface area contributed by atoms with Crippen molar-refractivity contribution in [2.45, 2.75) is 26.4 Å². The quantitative estimate of drug-likeness (QED) is 0.632. The van der Waals surface area contributed by atoms with Crippen molar-refractivity contribution in [3.63, 3.8) is 0 Å². The van der Waals surface area contributed by atoms with Gasteiger partial charge in [-0.3, -0.25) is 9.88 Å². The Hall–Kier alpha value is -2.37. The van der Waals surface area contributed by atoms with Gasteiger partial charge in [-0.05, 0) is 39.0 Å². The molecule has 0 bridgehead atoms. The van der Waals surface area contributed by atoms with Gasteiger partial charge < -0.3 is 9.47 Å². The molecule has 1 aromatic heterocycles. The number of carbonyl (C=O) groups is 2. The van der Waals surface area contributed by atoms with Gasteiger partial charge in [0.05, 0.1) is 12.8 Å². The first-order chi connectivity index (χ1) is 9.74. The molecule has 0 aromatic carbocycles. The Bertz CT molecular complexity index is 532. The summed E-state index contributed by atoms with van der Waals surface area (Å²) in [6.07, 6.45) is 2.42. The fourth-order valence-electron chi connectivity index (χ4n) is 1.43. The van der Waals surface area contributed by atoms with Gasteiger partial charge in [-0.1, -0.05) is 6.07 Å². The lowest BCUT2D eigenvalue weighted by Gasteiger charge is -2.25. The molecule has 0 aliphatic carbocycles. The minimum Gasteiger partial charge on any atom is -0.464 e. The Balaban J connectivity index is 3.06. The van der Waals surface area contributed by atoms with Crippen LogP contribution in [0.3, 0.4) is 0 Å². The van der Waals surface area contributed by atoms with Gasteiger partial charge in [0, 0.05) is 13.2 Å². The van der Waals surface area contributed by atoms with E-state index in [9.17, 15) is 9.59 Å². The molecule has 0 saturated carbocycles. The smallest absolute Gasteiger partial charge is 0.414 e. The van der Waals surface area contributed by atoms with Crippen molar-refractivity contribution < 1.29 is 19.1 Å². The molecule has 0 N–H and O–H groups in total. The predicted molar refractivity (Wildman–Crippen MR) is 78.2 cm³/mol. The van der Waals surface area contributed by atoms with Crippen LogP contribution in [-0.2, 0) is 14.3 Å². The maximum absolute atomic E-state index is 12.0. The summed E-state index contributed by atoms with van der Waals surface area (Å²) in [5.41, 5.74) is -0.0730. The van der Waals surface area contributed by atoms with Crippen LogP contribution in [0.1, 0.15) is 26.5 Å². The van der Waals surface area contributed by atoms with Crippen LogP contribution in [0.5, 0.6) is 0 Å². The topological polar surface area (TPSA) is 68.7 Å². The Labute approximate surface area is 124 Å². The molecule has 1 amide bonds. The number of ether oxygens (including phenoxy) is 2. The number of esters is 1. The standard InChI is InChI=1S/C15H20N2O4/c1-15(2,3)21-14(19)17(4)12(13(18)20-5)10-11-8-6-7-9-16-11/h6-10H,1-5H3/b12-10-. The molecular formula is C15H20N2O4. The van der Waals surface area contributed by atoms with E-state index in [0.29, 0.717) is 5.69 Å². The molecule has 0 aliphatic heterocycles. The van der Waals surface area contributed by atoms with Crippen molar-refractivity contribution in [2.24, 2.45) is 0 Å². The normalized spacial score (nSPS) is 11.8. The lowest BCUT2D eigenvalue weighted by molar-refractivity contribution is -0.137. The van der Waals surface area contributed by atoms with Gasteiger partial charge in [0.25, 0.3) is 0 Å². The van der Waals surface area contributed by atoms with Crippen LogP contribution in [0.15, 0.2) is 30.1 Å². The largest absolute Gasteiger partial charge is 0.464 e. The third kappa shape index (κ3) is 5.25. The Morgan fingerprint density at radius 3 is 2.43 bits per heavy atom. The van der Waals surface area contributed by atoms with Crippen molar-refractivity contribution in [1.29, 1.82) is 0 Å². The minimum atomic E-state index is -0.655. The summed E-state index contributed by atoms with van der Waals surface area (Å²) in [6.45, 7) is 5.25. The SMILES string of the molecule is COC(=O)/C(=C/c1ccccn1)N(C)C(=O)OC(C)(C)C. The summed E-state index contributed by atoms with van der Waals surface area (Å²) in [6, 6.07) is 5.25. The van der Waals surface area contributed by atoms with Gasteiger partial charge in [-0.25, -0.2) is 9.59 Å². The Morgan fingerprint density at radius 2 is 1.95 bits per heavy atom. The maximum Gasteiger partial charge on any atom is 0.414 e. The second-order valence-corrected chi connectivity index (χ2v) is 5.32. The fraction of sp³-hybridized carbons (Fsp3) is 0.400. The molecule has 0 saturated heterocycles. The van der Waals surface area contributed by atoms with Crippen LogP contribution in [0.25, 0.3) is 6.08 Å². The Kier molecular flexibility index (Phi) is 5.46. The first-order valence-corrected chi connectivity index (χ1v) is 6.42. The van der Waals surface area contributed by atoms with Crippen molar-refractivity contribution in [3.8, 4) is 0 Å². The van der Waals surface area contributed by atoms with E-state index in [4.69, 9.17) is 9.47 Å². The van der Waals surface area contributed by atoms with Gasteiger partial charge in [0.1, 0.15) is 11.3 Å². The van der Waals surface area contributed by atoms with E-state index in [1.807, 2.05) is 0 Å². The number of amides is 1. The van der Waals surface area contributed by atoms with Crippen molar-refractivity contribution in [1.82, 2.24) is 9.88 Å². The average Bonchev–Trinajstić information content (AvgIpc) is 2.42. The maximum atomic E-state index is 12.0. The van der Waals surface area contributed by atoms with Crippen LogP contribution >= 0.6 is 0 Å². The lowest BCUT2D eigenvalue weighted by atomic mass is 10.2. The molecule has 0 atom stereocenters.